The molecule has 2 unspecified atom stereocenters. The largest absolute Gasteiger partial charge is 0.416 e. The molecular weight excluding hydrogens is 343 g/mol. The minimum atomic E-state index is -4.37. The molecule has 24 heavy (non-hydrogen) atoms. The highest BCUT2D eigenvalue weighted by molar-refractivity contribution is 5.85. The van der Waals surface area contributed by atoms with Gasteiger partial charge in [-0.05, 0) is 31.5 Å². The second kappa shape index (κ2) is 8.48. The third-order valence-electron chi connectivity index (χ3n) is 3.77. The second-order valence-electron chi connectivity index (χ2n) is 5.69. The van der Waals surface area contributed by atoms with Crippen LogP contribution in [0.25, 0.3) is 0 Å². The van der Waals surface area contributed by atoms with Gasteiger partial charge in [-0.25, -0.2) is 0 Å². The van der Waals surface area contributed by atoms with Gasteiger partial charge in [0.05, 0.1) is 5.56 Å². The summed E-state index contributed by atoms with van der Waals surface area (Å²) in [5.74, 6) is 0.536. The summed E-state index contributed by atoms with van der Waals surface area (Å²) in [5.41, 5.74) is -0.376. The lowest BCUT2D eigenvalue weighted by Gasteiger charge is -2.16. The monoisotopic (exact) mass is 363 g/mol. The molecule has 0 saturated carbocycles. The van der Waals surface area contributed by atoms with Crippen LogP contribution in [0.15, 0.2) is 28.8 Å². The molecule has 4 nitrogen and oxygen atoms in total. The van der Waals surface area contributed by atoms with E-state index in [2.05, 4.69) is 15.5 Å². The van der Waals surface area contributed by atoms with E-state index in [0.717, 1.165) is 6.07 Å². The van der Waals surface area contributed by atoms with Crippen LogP contribution in [-0.2, 0) is 19.0 Å². The fourth-order valence-corrected chi connectivity index (χ4v) is 2.39. The Balaban J connectivity index is 0.00000288. The molecule has 1 aromatic carbocycles. The SMILES string of the molecule is CNC(C)Cc1noc(CC(C)c2ccccc2C(F)(F)F)n1.Cl. The molecule has 8 heteroatoms. The number of nitrogens with one attached hydrogen (secondary N) is 1. The Kier molecular flexibility index (Phi) is 7.23. The van der Waals surface area contributed by atoms with Gasteiger partial charge in [-0.15, -0.1) is 12.4 Å². The van der Waals surface area contributed by atoms with E-state index in [4.69, 9.17) is 4.52 Å². The van der Waals surface area contributed by atoms with Crippen molar-refractivity contribution in [1.82, 2.24) is 15.5 Å². The molecule has 0 radical (unpaired) electrons. The molecule has 2 atom stereocenters. The van der Waals surface area contributed by atoms with Crippen LogP contribution in [0.1, 0.15) is 42.6 Å². The zero-order valence-electron chi connectivity index (χ0n) is 13.7. The van der Waals surface area contributed by atoms with Crippen molar-refractivity contribution in [3.63, 3.8) is 0 Å². The Morgan fingerprint density at radius 1 is 1.17 bits per heavy atom. The third kappa shape index (κ3) is 5.21. The number of alkyl halides is 3. The third-order valence-corrected chi connectivity index (χ3v) is 3.77. The number of rotatable bonds is 6. The van der Waals surface area contributed by atoms with Crippen LogP contribution in [-0.4, -0.2) is 23.2 Å². The molecule has 2 rings (SSSR count). The van der Waals surface area contributed by atoms with Gasteiger partial charge in [-0.3, -0.25) is 0 Å². The van der Waals surface area contributed by atoms with Crippen molar-refractivity contribution in [2.75, 3.05) is 7.05 Å². The summed E-state index contributed by atoms with van der Waals surface area (Å²) in [5, 5.41) is 6.94. The molecule has 0 bridgehead atoms. The lowest BCUT2D eigenvalue weighted by Crippen LogP contribution is -2.24. The first-order chi connectivity index (χ1) is 10.8. The summed E-state index contributed by atoms with van der Waals surface area (Å²) in [6, 6.07) is 5.79. The number of aromatic nitrogens is 2. The highest BCUT2D eigenvalue weighted by Crippen LogP contribution is 2.35. The number of likely N-dealkylation sites (N-methyl/N-ethyl adjacent to an activating group) is 1. The first-order valence-corrected chi connectivity index (χ1v) is 7.46. The van der Waals surface area contributed by atoms with E-state index in [1.165, 1.54) is 12.1 Å². The van der Waals surface area contributed by atoms with E-state index in [-0.39, 0.29) is 36.4 Å². The van der Waals surface area contributed by atoms with Crippen LogP contribution in [0.2, 0.25) is 0 Å². The van der Waals surface area contributed by atoms with Gasteiger partial charge in [-0.2, -0.15) is 18.2 Å². The van der Waals surface area contributed by atoms with Gasteiger partial charge >= 0.3 is 6.18 Å². The lowest BCUT2D eigenvalue weighted by molar-refractivity contribution is -0.138. The van der Waals surface area contributed by atoms with E-state index in [0.29, 0.717) is 18.1 Å². The predicted molar refractivity (Wildman–Crippen MR) is 87.3 cm³/mol. The molecule has 134 valence electrons. The normalized spacial score (nSPS) is 14.1. The molecule has 0 aliphatic heterocycles. The maximum atomic E-state index is 13.1. The summed E-state index contributed by atoms with van der Waals surface area (Å²) >= 11 is 0. The molecule has 0 fully saturated rings. The van der Waals surface area contributed by atoms with Crippen molar-refractivity contribution in [3.05, 3.63) is 47.1 Å². The highest BCUT2D eigenvalue weighted by Gasteiger charge is 2.34. The molecule has 1 aromatic heterocycles. The van der Waals surface area contributed by atoms with Crippen molar-refractivity contribution in [1.29, 1.82) is 0 Å². The first kappa shape index (κ1) is 20.4. The van der Waals surface area contributed by atoms with Crippen LogP contribution in [0.3, 0.4) is 0 Å². The first-order valence-electron chi connectivity index (χ1n) is 7.46. The van der Waals surface area contributed by atoms with Crippen LogP contribution < -0.4 is 5.32 Å². The summed E-state index contributed by atoms with van der Waals surface area (Å²) < 4.78 is 44.4. The van der Waals surface area contributed by atoms with Gasteiger partial charge in [0.15, 0.2) is 5.82 Å². The fourth-order valence-electron chi connectivity index (χ4n) is 2.39. The van der Waals surface area contributed by atoms with Gasteiger partial charge in [0, 0.05) is 18.9 Å². The topological polar surface area (TPSA) is 51.0 Å². The molecule has 1 heterocycles. The number of hydrogen-bond acceptors (Lipinski definition) is 4. The van der Waals surface area contributed by atoms with E-state index >= 15 is 0 Å². The zero-order valence-corrected chi connectivity index (χ0v) is 14.5. The van der Waals surface area contributed by atoms with Gasteiger partial charge in [0.25, 0.3) is 0 Å². The standard InChI is InChI=1S/C16H20F3N3O.ClH/c1-10(12-6-4-5-7-13(12)16(17,18)19)8-15-21-14(22-23-15)9-11(2)20-3;/h4-7,10-11,20H,8-9H2,1-3H3;1H. The Morgan fingerprint density at radius 3 is 2.46 bits per heavy atom. The van der Waals surface area contributed by atoms with Crippen molar-refractivity contribution in [3.8, 4) is 0 Å². The van der Waals surface area contributed by atoms with Crippen LogP contribution >= 0.6 is 12.4 Å². The van der Waals surface area contributed by atoms with Crippen LogP contribution in [0.5, 0.6) is 0 Å². The molecule has 0 spiro atoms. The van der Waals surface area contributed by atoms with Crippen LogP contribution in [0, 0.1) is 0 Å². The molecular formula is C16H21ClF3N3O. The van der Waals surface area contributed by atoms with Crippen molar-refractivity contribution < 1.29 is 17.7 Å². The van der Waals surface area contributed by atoms with E-state index in [1.807, 2.05) is 14.0 Å². The molecule has 1 N–H and O–H groups in total. The smallest absolute Gasteiger partial charge is 0.339 e. The second-order valence-corrected chi connectivity index (χ2v) is 5.69. The summed E-state index contributed by atoms with van der Waals surface area (Å²) in [6.07, 6.45) is -3.49. The van der Waals surface area contributed by atoms with E-state index < -0.39 is 11.7 Å². The number of hydrogen-bond donors (Lipinski definition) is 1. The summed E-state index contributed by atoms with van der Waals surface area (Å²) in [6.45, 7) is 3.71. The Bertz CT molecular complexity index is 645. The predicted octanol–water partition coefficient (Wildman–Crippen LogP) is 4.01. The Morgan fingerprint density at radius 2 is 1.83 bits per heavy atom. The fraction of sp³-hybridized carbons (Fsp3) is 0.500. The number of benzene rings is 1. The van der Waals surface area contributed by atoms with E-state index in [1.54, 1.807) is 13.0 Å². The zero-order chi connectivity index (χ0) is 17.0. The Hall–Kier alpha value is -1.60. The van der Waals surface area contributed by atoms with Gasteiger partial charge in [-0.1, -0.05) is 30.3 Å². The molecule has 0 amide bonds. The maximum Gasteiger partial charge on any atom is 0.416 e. The van der Waals surface area contributed by atoms with Crippen molar-refractivity contribution >= 4 is 12.4 Å². The Labute approximate surface area is 145 Å². The van der Waals surface area contributed by atoms with E-state index in [9.17, 15) is 13.2 Å². The van der Waals surface area contributed by atoms with Crippen molar-refractivity contribution in [2.45, 2.75) is 44.8 Å². The highest BCUT2D eigenvalue weighted by atomic mass is 35.5. The summed E-state index contributed by atoms with van der Waals surface area (Å²) in [4.78, 5) is 4.26. The molecule has 0 aliphatic rings. The molecule has 0 aliphatic carbocycles. The van der Waals surface area contributed by atoms with Gasteiger partial charge < -0.3 is 9.84 Å². The molecule has 2 aromatic rings. The average molecular weight is 364 g/mol. The van der Waals surface area contributed by atoms with Gasteiger partial charge in [0.1, 0.15) is 0 Å². The van der Waals surface area contributed by atoms with Gasteiger partial charge in [0.2, 0.25) is 5.89 Å². The minimum Gasteiger partial charge on any atom is -0.339 e. The number of halogens is 4. The van der Waals surface area contributed by atoms with Crippen molar-refractivity contribution in [2.24, 2.45) is 0 Å². The quantitative estimate of drug-likeness (QED) is 0.842. The average Bonchev–Trinajstić information content (AvgIpc) is 2.93. The minimum absolute atomic E-state index is 0. The molecule has 0 saturated heterocycles. The van der Waals surface area contributed by atoms with Crippen LogP contribution in [0.4, 0.5) is 13.2 Å². The maximum absolute atomic E-state index is 13.1. The summed E-state index contributed by atoms with van der Waals surface area (Å²) in [7, 11) is 1.84. The number of nitrogens with zero attached hydrogens (tertiary/aromatic N) is 2. The lowest BCUT2D eigenvalue weighted by atomic mass is 9.93.